The minimum absolute atomic E-state index is 0.230. The summed E-state index contributed by atoms with van der Waals surface area (Å²) in [5.74, 6) is 0.666. The van der Waals surface area contributed by atoms with E-state index in [4.69, 9.17) is 44.1 Å². The first-order valence-corrected chi connectivity index (χ1v) is 9.34. The second-order valence-corrected chi connectivity index (χ2v) is 7.16. The average molecular weight is 441 g/mol. The van der Waals surface area contributed by atoms with E-state index >= 15 is 0 Å². The van der Waals surface area contributed by atoms with Crippen LogP contribution in [-0.2, 0) is 6.61 Å². The first-order valence-electron chi connectivity index (χ1n) is 8.21. The normalized spacial score (nSPS) is 10.6. The lowest BCUT2D eigenvalue weighted by Gasteiger charge is -2.14. The highest BCUT2D eigenvalue weighted by Gasteiger charge is 2.16. The molecule has 1 heterocycles. The maximum atomic E-state index is 12.6. The van der Waals surface area contributed by atoms with Gasteiger partial charge in [-0.05, 0) is 38.1 Å². The molecule has 0 saturated carbocycles. The van der Waals surface area contributed by atoms with Crippen LogP contribution in [0.4, 0.5) is 5.69 Å². The third kappa shape index (κ3) is 4.52. The van der Waals surface area contributed by atoms with Crippen LogP contribution in [0.1, 0.15) is 27.4 Å². The number of hydrogen-bond donors (Lipinski definition) is 2. The fourth-order valence-corrected chi connectivity index (χ4v) is 3.40. The van der Waals surface area contributed by atoms with Gasteiger partial charge in [-0.2, -0.15) is 0 Å². The zero-order valence-electron chi connectivity index (χ0n) is 15.0. The van der Waals surface area contributed by atoms with Gasteiger partial charge in [0, 0.05) is 5.02 Å². The predicted octanol–water partition coefficient (Wildman–Crippen LogP) is 5.59. The number of benzene rings is 2. The molecule has 2 aromatic carbocycles. The Bertz CT molecular complexity index is 978. The molecule has 0 bridgehead atoms. The van der Waals surface area contributed by atoms with Gasteiger partial charge in [0.05, 0.1) is 32.6 Å². The lowest BCUT2D eigenvalue weighted by Crippen LogP contribution is -2.30. The fraction of sp³-hybridized carbons (Fsp3) is 0.158. The Morgan fingerprint density at radius 1 is 1.14 bits per heavy atom. The topological polar surface area (TPSA) is 76.4 Å². The van der Waals surface area contributed by atoms with Crippen LogP contribution in [-0.4, -0.2) is 11.1 Å². The summed E-state index contributed by atoms with van der Waals surface area (Å²) in [5, 5.41) is 4.84. The molecule has 0 saturated heterocycles. The van der Waals surface area contributed by atoms with Gasteiger partial charge in [0.15, 0.2) is 0 Å². The number of rotatable bonds is 6. The number of carbonyl (C=O) groups excluding carboxylic acids is 1. The Morgan fingerprint density at radius 3 is 2.46 bits per heavy atom. The number of amides is 1. The summed E-state index contributed by atoms with van der Waals surface area (Å²) in [7, 11) is 0. The monoisotopic (exact) mass is 439 g/mol. The Labute approximate surface area is 176 Å². The Kier molecular flexibility index (Phi) is 6.34. The van der Waals surface area contributed by atoms with Gasteiger partial charge in [-0.1, -0.05) is 52.1 Å². The third-order valence-electron chi connectivity index (χ3n) is 3.99. The number of nitrogens with zero attached hydrogens (tertiary/aromatic N) is 1. The van der Waals surface area contributed by atoms with Gasteiger partial charge in [-0.3, -0.25) is 15.6 Å². The maximum Gasteiger partial charge on any atom is 0.273 e. The Balaban J connectivity index is 1.72. The molecular weight excluding hydrogens is 425 g/mol. The molecule has 28 heavy (non-hydrogen) atoms. The number of anilines is 1. The number of ether oxygens (including phenoxy) is 1. The van der Waals surface area contributed by atoms with E-state index in [0.29, 0.717) is 27.8 Å². The standard InChI is InChI=1S/C19H16Cl3N3O3/c1-10-14(11(2)28-25-10)9-27-17-6-4-3-5-13(17)19(26)24-23-18-15(21)7-12(20)8-16(18)22/h3-8,23H,9H2,1-2H3,(H,24,26). The van der Waals surface area contributed by atoms with E-state index in [-0.39, 0.29) is 16.7 Å². The highest BCUT2D eigenvalue weighted by atomic mass is 35.5. The summed E-state index contributed by atoms with van der Waals surface area (Å²) in [6.07, 6.45) is 0. The van der Waals surface area contributed by atoms with E-state index in [1.165, 1.54) is 12.1 Å². The number of nitrogens with one attached hydrogen (secondary N) is 2. The molecule has 1 aromatic heterocycles. The average Bonchev–Trinajstić information content (AvgIpc) is 2.97. The number of para-hydroxylation sites is 1. The molecule has 0 spiro atoms. The molecule has 3 rings (SSSR count). The van der Waals surface area contributed by atoms with Crippen LogP contribution in [0.2, 0.25) is 15.1 Å². The van der Waals surface area contributed by atoms with Gasteiger partial charge in [0.25, 0.3) is 5.91 Å². The molecule has 3 aromatic rings. The van der Waals surface area contributed by atoms with Crippen LogP contribution < -0.4 is 15.6 Å². The highest BCUT2D eigenvalue weighted by molar-refractivity contribution is 6.41. The van der Waals surface area contributed by atoms with Crippen LogP contribution in [0.3, 0.4) is 0 Å². The van der Waals surface area contributed by atoms with E-state index in [1.807, 2.05) is 6.92 Å². The summed E-state index contributed by atoms with van der Waals surface area (Å²) in [4.78, 5) is 12.6. The molecule has 0 aliphatic rings. The number of aryl methyl sites for hydroxylation is 2. The van der Waals surface area contributed by atoms with Crippen LogP contribution >= 0.6 is 34.8 Å². The summed E-state index contributed by atoms with van der Waals surface area (Å²) in [5.41, 5.74) is 7.54. The molecule has 0 fully saturated rings. The maximum absolute atomic E-state index is 12.6. The number of aromatic nitrogens is 1. The number of halogens is 3. The van der Waals surface area contributed by atoms with Crippen LogP contribution in [0.15, 0.2) is 40.9 Å². The van der Waals surface area contributed by atoms with E-state index < -0.39 is 5.91 Å². The van der Waals surface area contributed by atoms with Crippen molar-refractivity contribution in [2.45, 2.75) is 20.5 Å². The number of carbonyl (C=O) groups is 1. The van der Waals surface area contributed by atoms with Crippen molar-refractivity contribution in [1.82, 2.24) is 10.6 Å². The molecular formula is C19H16Cl3N3O3. The van der Waals surface area contributed by atoms with Crippen LogP contribution in [0.5, 0.6) is 5.75 Å². The van der Waals surface area contributed by atoms with Crippen molar-refractivity contribution in [2.75, 3.05) is 5.43 Å². The van der Waals surface area contributed by atoms with Crippen molar-refractivity contribution < 1.29 is 14.1 Å². The summed E-state index contributed by atoms with van der Waals surface area (Å²) in [6, 6.07) is 9.90. The van der Waals surface area contributed by atoms with E-state index in [0.717, 1.165) is 11.3 Å². The summed E-state index contributed by atoms with van der Waals surface area (Å²) < 4.78 is 10.9. The van der Waals surface area contributed by atoms with E-state index in [1.54, 1.807) is 31.2 Å². The van der Waals surface area contributed by atoms with Gasteiger partial charge < -0.3 is 9.26 Å². The van der Waals surface area contributed by atoms with Crippen LogP contribution in [0, 0.1) is 13.8 Å². The van der Waals surface area contributed by atoms with Crippen LogP contribution in [0.25, 0.3) is 0 Å². The molecule has 6 nitrogen and oxygen atoms in total. The molecule has 0 unspecified atom stereocenters. The van der Waals surface area contributed by atoms with Gasteiger partial charge in [-0.25, -0.2) is 0 Å². The van der Waals surface area contributed by atoms with Crippen molar-refractivity contribution in [3.05, 3.63) is 74.0 Å². The molecule has 0 aliphatic carbocycles. The Hall–Kier alpha value is -2.41. The van der Waals surface area contributed by atoms with Crippen molar-refractivity contribution in [3.8, 4) is 5.75 Å². The van der Waals surface area contributed by atoms with Gasteiger partial charge in [-0.15, -0.1) is 0 Å². The predicted molar refractivity (Wildman–Crippen MR) is 109 cm³/mol. The SMILES string of the molecule is Cc1noc(C)c1COc1ccccc1C(=O)NNc1c(Cl)cc(Cl)cc1Cl. The highest BCUT2D eigenvalue weighted by Crippen LogP contribution is 2.33. The van der Waals surface area contributed by atoms with Gasteiger partial charge in [0.2, 0.25) is 0 Å². The zero-order valence-corrected chi connectivity index (χ0v) is 17.2. The second kappa shape index (κ2) is 8.73. The third-order valence-corrected chi connectivity index (χ3v) is 4.81. The van der Waals surface area contributed by atoms with E-state index in [9.17, 15) is 4.79 Å². The first kappa shape index (κ1) is 20.3. The zero-order chi connectivity index (χ0) is 20.3. The lowest BCUT2D eigenvalue weighted by molar-refractivity contribution is 0.0958. The fourth-order valence-electron chi connectivity index (χ4n) is 2.49. The number of hydrogen-bond acceptors (Lipinski definition) is 5. The summed E-state index contributed by atoms with van der Waals surface area (Å²) >= 11 is 18.1. The van der Waals surface area contributed by atoms with Gasteiger partial charge in [0.1, 0.15) is 18.1 Å². The molecule has 0 atom stereocenters. The minimum atomic E-state index is -0.420. The van der Waals surface area contributed by atoms with E-state index in [2.05, 4.69) is 16.0 Å². The molecule has 9 heteroatoms. The summed E-state index contributed by atoms with van der Waals surface area (Å²) in [6.45, 7) is 3.87. The smallest absolute Gasteiger partial charge is 0.273 e. The first-order chi connectivity index (χ1) is 13.4. The molecule has 2 N–H and O–H groups in total. The Morgan fingerprint density at radius 2 is 1.82 bits per heavy atom. The largest absolute Gasteiger partial charge is 0.488 e. The lowest BCUT2D eigenvalue weighted by atomic mass is 10.2. The molecule has 0 aliphatic heterocycles. The van der Waals surface area contributed by atoms with Crippen molar-refractivity contribution >= 4 is 46.4 Å². The van der Waals surface area contributed by atoms with Crippen molar-refractivity contribution in [3.63, 3.8) is 0 Å². The number of hydrazine groups is 1. The minimum Gasteiger partial charge on any atom is -0.488 e. The second-order valence-electron chi connectivity index (χ2n) is 5.91. The van der Waals surface area contributed by atoms with Gasteiger partial charge >= 0.3 is 0 Å². The molecule has 0 radical (unpaired) electrons. The molecule has 1 amide bonds. The van der Waals surface area contributed by atoms with Crippen molar-refractivity contribution in [2.24, 2.45) is 0 Å². The van der Waals surface area contributed by atoms with Crippen molar-refractivity contribution in [1.29, 1.82) is 0 Å². The molecule has 146 valence electrons. The quantitative estimate of drug-likeness (QED) is 0.489.